The lowest BCUT2D eigenvalue weighted by Gasteiger charge is -2.38. The van der Waals surface area contributed by atoms with Crippen molar-refractivity contribution in [1.82, 2.24) is 5.32 Å². The summed E-state index contributed by atoms with van der Waals surface area (Å²) in [5, 5.41) is 12.9. The Bertz CT molecular complexity index is 516. The van der Waals surface area contributed by atoms with E-state index in [9.17, 15) is 5.26 Å². The summed E-state index contributed by atoms with van der Waals surface area (Å²) < 4.78 is 0. The zero-order valence-electron chi connectivity index (χ0n) is 13.7. The van der Waals surface area contributed by atoms with Crippen molar-refractivity contribution in [2.24, 2.45) is 5.41 Å². The molecule has 0 saturated carbocycles. The van der Waals surface area contributed by atoms with Crippen LogP contribution in [0, 0.1) is 16.7 Å². The van der Waals surface area contributed by atoms with Gasteiger partial charge in [-0.3, -0.25) is 0 Å². The maximum Gasteiger partial charge on any atom is 0.101 e. The first-order chi connectivity index (χ1) is 9.91. The van der Waals surface area contributed by atoms with E-state index in [1.807, 2.05) is 6.07 Å². The molecule has 1 aromatic rings. The van der Waals surface area contributed by atoms with Crippen molar-refractivity contribution < 1.29 is 0 Å². The monoisotopic (exact) mass is 285 g/mol. The Balaban J connectivity index is 2.12. The van der Waals surface area contributed by atoms with Crippen LogP contribution in [0.3, 0.4) is 0 Å². The van der Waals surface area contributed by atoms with Gasteiger partial charge in [0.1, 0.15) is 6.07 Å². The predicted molar refractivity (Wildman–Crippen MR) is 88.4 cm³/mol. The standard InChI is InChI=1S/C18H27N3/c1-14(2)20-13-15-5-6-17(16(11-15)12-19)21-9-7-18(3,4)8-10-21/h5-6,11,14,20H,7-10,13H2,1-4H3. The maximum atomic E-state index is 9.46. The van der Waals surface area contributed by atoms with E-state index in [1.54, 1.807) is 0 Å². The third-order valence-electron chi connectivity index (χ3n) is 4.35. The molecule has 1 fully saturated rings. The van der Waals surface area contributed by atoms with E-state index in [-0.39, 0.29) is 0 Å². The van der Waals surface area contributed by atoms with Crippen LogP contribution in [0.1, 0.15) is 51.7 Å². The van der Waals surface area contributed by atoms with E-state index in [2.05, 4.69) is 56.1 Å². The molecule has 0 aromatic heterocycles. The second kappa shape index (κ2) is 6.49. The van der Waals surface area contributed by atoms with Crippen molar-refractivity contribution in [3.8, 4) is 6.07 Å². The number of hydrogen-bond acceptors (Lipinski definition) is 3. The molecule has 0 unspecified atom stereocenters. The summed E-state index contributed by atoms with van der Waals surface area (Å²) in [6, 6.07) is 9.13. The number of rotatable bonds is 4. The van der Waals surface area contributed by atoms with Gasteiger partial charge in [-0.15, -0.1) is 0 Å². The zero-order valence-corrected chi connectivity index (χ0v) is 13.7. The summed E-state index contributed by atoms with van der Waals surface area (Å²) in [6.07, 6.45) is 2.38. The third-order valence-corrected chi connectivity index (χ3v) is 4.35. The Kier molecular flexibility index (Phi) is 4.90. The van der Waals surface area contributed by atoms with Gasteiger partial charge in [0.25, 0.3) is 0 Å². The molecule has 1 aliphatic rings. The average molecular weight is 285 g/mol. The number of nitriles is 1. The van der Waals surface area contributed by atoms with Gasteiger partial charge in [0, 0.05) is 25.7 Å². The molecule has 1 N–H and O–H groups in total. The van der Waals surface area contributed by atoms with Gasteiger partial charge in [0.2, 0.25) is 0 Å². The topological polar surface area (TPSA) is 39.1 Å². The van der Waals surface area contributed by atoms with E-state index < -0.39 is 0 Å². The molecule has 3 heteroatoms. The molecule has 1 saturated heterocycles. The molecule has 3 nitrogen and oxygen atoms in total. The van der Waals surface area contributed by atoms with Crippen LogP contribution in [0.2, 0.25) is 0 Å². The van der Waals surface area contributed by atoms with Crippen molar-refractivity contribution >= 4 is 5.69 Å². The van der Waals surface area contributed by atoms with Gasteiger partial charge in [-0.1, -0.05) is 33.8 Å². The maximum absolute atomic E-state index is 9.46. The van der Waals surface area contributed by atoms with Gasteiger partial charge < -0.3 is 10.2 Å². The van der Waals surface area contributed by atoms with Crippen LogP contribution in [0.4, 0.5) is 5.69 Å². The van der Waals surface area contributed by atoms with E-state index in [1.165, 1.54) is 18.4 Å². The Morgan fingerprint density at radius 3 is 2.52 bits per heavy atom. The largest absolute Gasteiger partial charge is 0.370 e. The Hall–Kier alpha value is -1.53. The van der Waals surface area contributed by atoms with Crippen molar-refractivity contribution in [2.75, 3.05) is 18.0 Å². The minimum Gasteiger partial charge on any atom is -0.370 e. The lowest BCUT2D eigenvalue weighted by molar-refractivity contribution is 0.280. The first kappa shape index (κ1) is 15.9. The van der Waals surface area contributed by atoms with Crippen LogP contribution < -0.4 is 10.2 Å². The molecule has 1 aromatic carbocycles. The second-order valence-electron chi connectivity index (χ2n) is 7.15. The number of hydrogen-bond donors (Lipinski definition) is 1. The molecule has 21 heavy (non-hydrogen) atoms. The molecule has 0 bridgehead atoms. The summed E-state index contributed by atoms with van der Waals surface area (Å²) in [7, 11) is 0. The average Bonchev–Trinajstić information content (AvgIpc) is 2.45. The Morgan fingerprint density at radius 1 is 1.29 bits per heavy atom. The molecule has 0 amide bonds. The van der Waals surface area contributed by atoms with Gasteiger partial charge in [0.15, 0.2) is 0 Å². The number of anilines is 1. The number of piperidine rings is 1. The fraction of sp³-hybridized carbons (Fsp3) is 0.611. The SMILES string of the molecule is CC(C)NCc1ccc(N2CCC(C)(C)CC2)c(C#N)c1. The van der Waals surface area contributed by atoms with Crippen molar-refractivity contribution in [1.29, 1.82) is 5.26 Å². The van der Waals surface area contributed by atoms with Crippen LogP contribution in [0.25, 0.3) is 0 Å². The highest BCUT2D eigenvalue weighted by molar-refractivity contribution is 5.60. The highest BCUT2D eigenvalue weighted by Gasteiger charge is 2.26. The molecule has 2 rings (SSSR count). The Morgan fingerprint density at radius 2 is 1.95 bits per heavy atom. The van der Waals surface area contributed by atoms with Crippen molar-refractivity contribution in [3.05, 3.63) is 29.3 Å². The van der Waals surface area contributed by atoms with Gasteiger partial charge in [-0.2, -0.15) is 5.26 Å². The lowest BCUT2D eigenvalue weighted by Crippen LogP contribution is -2.37. The third kappa shape index (κ3) is 4.22. The minimum absolute atomic E-state index is 0.435. The summed E-state index contributed by atoms with van der Waals surface area (Å²) >= 11 is 0. The molecule has 114 valence electrons. The number of nitrogens with one attached hydrogen (secondary N) is 1. The van der Waals surface area contributed by atoms with Gasteiger partial charge in [-0.25, -0.2) is 0 Å². The molecule has 0 radical (unpaired) electrons. The summed E-state index contributed by atoms with van der Waals surface area (Å²) in [4.78, 5) is 2.36. The smallest absolute Gasteiger partial charge is 0.101 e. The normalized spacial score (nSPS) is 17.8. The van der Waals surface area contributed by atoms with Crippen LogP contribution in [0.15, 0.2) is 18.2 Å². The van der Waals surface area contributed by atoms with Crippen LogP contribution in [-0.4, -0.2) is 19.1 Å². The first-order valence-electron chi connectivity index (χ1n) is 7.93. The zero-order chi connectivity index (χ0) is 15.5. The van der Waals surface area contributed by atoms with Crippen LogP contribution in [-0.2, 0) is 6.54 Å². The Labute approximate surface area is 129 Å². The highest BCUT2D eigenvalue weighted by atomic mass is 15.1. The molecular weight excluding hydrogens is 258 g/mol. The van der Waals surface area contributed by atoms with Crippen LogP contribution in [0.5, 0.6) is 0 Å². The predicted octanol–water partition coefficient (Wildman–Crippen LogP) is 3.68. The molecule has 1 aliphatic heterocycles. The van der Waals surface area contributed by atoms with Crippen LogP contribution >= 0.6 is 0 Å². The quantitative estimate of drug-likeness (QED) is 0.917. The van der Waals surface area contributed by atoms with E-state index in [4.69, 9.17) is 0 Å². The number of nitrogens with zero attached hydrogens (tertiary/aromatic N) is 2. The highest BCUT2D eigenvalue weighted by Crippen LogP contribution is 2.33. The van der Waals surface area contributed by atoms with Crippen molar-refractivity contribution in [2.45, 2.75) is 53.1 Å². The number of benzene rings is 1. The summed E-state index contributed by atoms with van der Waals surface area (Å²) in [5.74, 6) is 0. The summed E-state index contributed by atoms with van der Waals surface area (Å²) in [6.45, 7) is 11.8. The van der Waals surface area contributed by atoms with Gasteiger partial charge in [0.05, 0.1) is 11.3 Å². The molecule has 1 heterocycles. The molecular formula is C18H27N3. The fourth-order valence-corrected chi connectivity index (χ4v) is 2.73. The lowest BCUT2D eigenvalue weighted by atomic mass is 9.82. The molecule has 0 aliphatic carbocycles. The fourth-order valence-electron chi connectivity index (χ4n) is 2.73. The second-order valence-corrected chi connectivity index (χ2v) is 7.15. The minimum atomic E-state index is 0.435. The molecule has 0 spiro atoms. The van der Waals surface area contributed by atoms with Gasteiger partial charge >= 0.3 is 0 Å². The summed E-state index contributed by atoms with van der Waals surface area (Å²) in [5.41, 5.74) is 3.52. The molecule has 0 atom stereocenters. The first-order valence-corrected chi connectivity index (χ1v) is 7.93. The van der Waals surface area contributed by atoms with E-state index in [0.29, 0.717) is 11.5 Å². The van der Waals surface area contributed by atoms with E-state index in [0.717, 1.165) is 30.9 Å². The van der Waals surface area contributed by atoms with E-state index >= 15 is 0 Å². The van der Waals surface area contributed by atoms with Gasteiger partial charge in [-0.05, 0) is 36.0 Å². The van der Waals surface area contributed by atoms with Crippen molar-refractivity contribution in [3.63, 3.8) is 0 Å².